The summed E-state index contributed by atoms with van der Waals surface area (Å²) in [6.45, 7) is 7.91. The third kappa shape index (κ3) is 2.25. The van der Waals surface area contributed by atoms with Crippen LogP contribution < -0.4 is 0 Å². The molecular weight excluding hydrogens is 288 g/mol. The van der Waals surface area contributed by atoms with E-state index in [-0.39, 0.29) is 5.97 Å². The number of nitrogens with zero attached hydrogens (tertiary/aromatic N) is 2. The molecule has 0 aromatic carbocycles. The molecule has 0 unspecified atom stereocenters. The van der Waals surface area contributed by atoms with Crippen LogP contribution in [-0.4, -0.2) is 22.0 Å². The van der Waals surface area contributed by atoms with E-state index in [1.807, 2.05) is 37.4 Å². The summed E-state index contributed by atoms with van der Waals surface area (Å²) in [5.74, 6) is 1.42. The standard InChI is InChI=1S/C15H16N2O3S/c1-5-19-14(18)13-9(3)17-7-12(16-15(17)21-13)11-6-8(2)20-10(11)4/h6-7H,5H2,1-4H3. The number of aryl methyl sites for hydroxylation is 3. The number of carbonyl (C=O) groups excluding carboxylic acids is 1. The first-order valence-corrected chi connectivity index (χ1v) is 7.56. The molecule has 110 valence electrons. The number of ether oxygens (including phenoxy) is 1. The summed E-state index contributed by atoms with van der Waals surface area (Å²) < 4.78 is 12.5. The van der Waals surface area contributed by atoms with Crippen LogP contribution in [-0.2, 0) is 4.74 Å². The average molecular weight is 304 g/mol. The average Bonchev–Trinajstić information content (AvgIpc) is 3.05. The highest BCUT2D eigenvalue weighted by Gasteiger charge is 2.20. The molecule has 6 heteroatoms. The van der Waals surface area contributed by atoms with Gasteiger partial charge in [-0.15, -0.1) is 0 Å². The molecule has 3 rings (SSSR count). The van der Waals surface area contributed by atoms with Crippen molar-refractivity contribution in [3.05, 3.63) is 34.4 Å². The second-order valence-corrected chi connectivity index (χ2v) is 5.82. The van der Waals surface area contributed by atoms with Crippen molar-refractivity contribution >= 4 is 22.3 Å². The first-order chi connectivity index (χ1) is 10.0. The van der Waals surface area contributed by atoms with Gasteiger partial charge >= 0.3 is 5.97 Å². The van der Waals surface area contributed by atoms with Gasteiger partial charge in [-0.25, -0.2) is 9.78 Å². The first-order valence-electron chi connectivity index (χ1n) is 6.74. The van der Waals surface area contributed by atoms with E-state index in [1.165, 1.54) is 11.3 Å². The Balaban J connectivity index is 2.07. The molecule has 3 aromatic rings. The number of hydrogen-bond acceptors (Lipinski definition) is 5. The predicted octanol–water partition coefficient (Wildman–Crippen LogP) is 3.76. The van der Waals surface area contributed by atoms with E-state index in [1.54, 1.807) is 6.92 Å². The highest BCUT2D eigenvalue weighted by molar-refractivity contribution is 7.19. The number of carbonyl (C=O) groups is 1. The smallest absolute Gasteiger partial charge is 0.350 e. The number of imidazole rings is 1. The number of hydrogen-bond donors (Lipinski definition) is 0. The zero-order chi connectivity index (χ0) is 15.1. The fourth-order valence-electron chi connectivity index (χ4n) is 2.35. The zero-order valence-corrected chi connectivity index (χ0v) is 13.2. The Morgan fingerprint density at radius 3 is 2.76 bits per heavy atom. The van der Waals surface area contributed by atoms with Crippen LogP contribution in [0.5, 0.6) is 0 Å². The second-order valence-electron chi connectivity index (χ2n) is 4.84. The molecule has 0 amide bonds. The molecule has 0 bridgehead atoms. The topological polar surface area (TPSA) is 56.7 Å². The molecule has 0 spiro atoms. The van der Waals surface area contributed by atoms with Crippen molar-refractivity contribution in [1.82, 2.24) is 9.38 Å². The van der Waals surface area contributed by atoms with Crippen molar-refractivity contribution in [2.75, 3.05) is 6.61 Å². The van der Waals surface area contributed by atoms with Gasteiger partial charge in [0.2, 0.25) is 0 Å². The predicted molar refractivity (Wildman–Crippen MR) is 80.9 cm³/mol. The summed E-state index contributed by atoms with van der Waals surface area (Å²) in [6, 6.07) is 1.98. The third-order valence-corrected chi connectivity index (χ3v) is 4.47. The van der Waals surface area contributed by atoms with Gasteiger partial charge in [0.05, 0.1) is 12.3 Å². The van der Waals surface area contributed by atoms with E-state index in [2.05, 4.69) is 4.98 Å². The van der Waals surface area contributed by atoms with Crippen LogP contribution in [0.4, 0.5) is 0 Å². The van der Waals surface area contributed by atoms with E-state index < -0.39 is 0 Å². The maximum absolute atomic E-state index is 11.9. The maximum Gasteiger partial charge on any atom is 0.350 e. The Labute approximate surface area is 126 Å². The number of fused-ring (bicyclic) bond motifs is 1. The van der Waals surface area contributed by atoms with Crippen LogP contribution in [0.1, 0.15) is 33.8 Å². The Hall–Kier alpha value is -2.08. The van der Waals surface area contributed by atoms with Crippen molar-refractivity contribution in [3.63, 3.8) is 0 Å². The lowest BCUT2D eigenvalue weighted by molar-refractivity contribution is 0.0531. The van der Waals surface area contributed by atoms with E-state index in [9.17, 15) is 4.79 Å². The van der Waals surface area contributed by atoms with Crippen molar-refractivity contribution in [3.8, 4) is 11.3 Å². The minimum atomic E-state index is -0.289. The molecule has 0 aliphatic carbocycles. The molecule has 0 aliphatic rings. The van der Waals surface area contributed by atoms with E-state index >= 15 is 0 Å². The lowest BCUT2D eigenvalue weighted by Gasteiger charge is -1.99. The zero-order valence-electron chi connectivity index (χ0n) is 12.4. The lowest BCUT2D eigenvalue weighted by atomic mass is 10.2. The Morgan fingerprint density at radius 2 is 2.19 bits per heavy atom. The molecule has 0 saturated carbocycles. The van der Waals surface area contributed by atoms with Crippen molar-refractivity contribution in [1.29, 1.82) is 0 Å². The third-order valence-electron chi connectivity index (χ3n) is 3.33. The van der Waals surface area contributed by atoms with Crippen LogP contribution in [0.25, 0.3) is 16.2 Å². The molecule has 3 heterocycles. The van der Waals surface area contributed by atoms with Crippen LogP contribution in [0.2, 0.25) is 0 Å². The van der Waals surface area contributed by atoms with E-state index in [4.69, 9.17) is 9.15 Å². The maximum atomic E-state index is 11.9. The van der Waals surface area contributed by atoms with Crippen LogP contribution >= 0.6 is 11.3 Å². The van der Waals surface area contributed by atoms with Crippen LogP contribution in [0, 0.1) is 20.8 Å². The Bertz CT molecular complexity index is 826. The second kappa shape index (κ2) is 5.04. The minimum absolute atomic E-state index is 0.289. The highest BCUT2D eigenvalue weighted by atomic mass is 32.1. The van der Waals surface area contributed by atoms with Crippen molar-refractivity contribution in [2.45, 2.75) is 27.7 Å². The van der Waals surface area contributed by atoms with Gasteiger partial charge in [-0.3, -0.25) is 4.40 Å². The summed E-state index contributed by atoms with van der Waals surface area (Å²) in [6.07, 6.45) is 1.93. The van der Waals surface area contributed by atoms with Gasteiger partial charge in [0, 0.05) is 17.5 Å². The first kappa shape index (κ1) is 13.9. The quantitative estimate of drug-likeness (QED) is 0.691. The van der Waals surface area contributed by atoms with Crippen LogP contribution in [0.15, 0.2) is 16.7 Å². The van der Waals surface area contributed by atoms with Gasteiger partial charge < -0.3 is 9.15 Å². The highest BCUT2D eigenvalue weighted by Crippen LogP contribution is 2.30. The van der Waals surface area contributed by atoms with Gasteiger partial charge in [-0.1, -0.05) is 11.3 Å². The summed E-state index contributed by atoms with van der Waals surface area (Å²) in [5.41, 5.74) is 2.69. The van der Waals surface area contributed by atoms with E-state index in [0.717, 1.165) is 33.4 Å². The van der Waals surface area contributed by atoms with Crippen molar-refractivity contribution in [2.24, 2.45) is 0 Å². The SMILES string of the molecule is CCOC(=O)c1sc2nc(-c3cc(C)oc3C)cn2c1C. The normalized spacial score (nSPS) is 11.2. The molecule has 3 aromatic heterocycles. The molecule has 0 radical (unpaired) electrons. The Morgan fingerprint density at radius 1 is 1.43 bits per heavy atom. The monoisotopic (exact) mass is 304 g/mol. The number of thiazole rings is 1. The number of esters is 1. The van der Waals surface area contributed by atoms with Gasteiger partial charge in [-0.05, 0) is 33.8 Å². The minimum Gasteiger partial charge on any atom is -0.466 e. The fourth-order valence-corrected chi connectivity index (χ4v) is 3.35. The van der Waals surface area contributed by atoms with Gasteiger partial charge in [-0.2, -0.15) is 0 Å². The molecule has 0 fully saturated rings. The molecule has 0 saturated heterocycles. The summed E-state index contributed by atoms with van der Waals surface area (Å²) >= 11 is 1.35. The molecular formula is C15H16N2O3S. The van der Waals surface area contributed by atoms with Gasteiger partial charge in [0.25, 0.3) is 0 Å². The Kier molecular flexibility index (Phi) is 3.33. The summed E-state index contributed by atoms with van der Waals surface area (Å²) in [4.78, 5) is 17.9. The number of rotatable bonds is 3. The molecule has 0 N–H and O–H groups in total. The number of aromatic nitrogens is 2. The van der Waals surface area contributed by atoms with Crippen molar-refractivity contribution < 1.29 is 13.9 Å². The molecule has 0 atom stereocenters. The van der Waals surface area contributed by atoms with Crippen LogP contribution in [0.3, 0.4) is 0 Å². The largest absolute Gasteiger partial charge is 0.466 e. The summed E-state index contributed by atoms with van der Waals surface area (Å²) in [5, 5.41) is 0. The van der Waals surface area contributed by atoms with E-state index in [0.29, 0.717) is 11.5 Å². The van der Waals surface area contributed by atoms with Gasteiger partial charge in [0.15, 0.2) is 4.96 Å². The fraction of sp³-hybridized carbons (Fsp3) is 0.333. The lowest BCUT2D eigenvalue weighted by Crippen LogP contribution is -2.04. The summed E-state index contributed by atoms with van der Waals surface area (Å²) in [7, 11) is 0. The molecule has 5 nitrogen and oxygen atoms in total. The number of furan rings is 1. The van der Waals surface area contributed by atoms with Gasteiger partial charge in [0.1, 0.15) is 16.4 Å². The molecule has 21 heavy (non-hydrogen) atoms. The molecule has 0 aliphatic heterocycles.